The van der Waals surface area contributed by atoms with Crippen LogP contribution in [-0.2, 0) is 22.5 Å². The van der Waals surface area contributed by atoms with Crippen LogP contribution in [0, 0.1) is 6.92 Å². The minimum atomic E-state index is -0.127. The molecular formula is C32H33ClN2O3. The van der Waals surface area contributed by atoms with Crippen LogP contribution < -0.4 is 5.32 Å². The van der Waals surface area contributed by atoms with Crippen LogP contribution in [0.25, 0.3) is 6.08 Å². The number of aryl methyl sites for hydroxylation is 1. The van der Waals surface area contributed by atoms with Crippen molar-refractivity contribution in [3.8, 4) is 0 Å². The van der Waals surface area contributed by atoms with Gasteiger partial charge in [-0.25, -0.2) is 0 Å². The van der Waals surface area contributed by atoms with Gasteiger partial charge in [-0.05, 0) is 79.6 Å². The summed E-state index contributed by atoms with van der Waals surface area (Å²) in [5.41, 5.74) is 4.85. The summed E-state index contributed by atoms with van der Waals surface area (Å²) in [5, 5.41) is 3.66. The zero-order valence-electron chi connectivity index (χ0n) is 21.7. The van der Waals surface area contributed by atoms with Crippen molar-refractivity contribution in [1.29, 1.82) is 0 Å². The summed E-state index contributed by atoms with van der Waals surface area (Å²) in [4.78, 5) is 28.1. The summed E-state index contributed by atoms with van der Waals surface area (Å²) in [5.74, 6) is 0.177. The maximum absolute atomic E-state index is 13.5. The van der Waals surface area contributed by atoms with Crippen LogP contribution in [0.3, 0.4) is 0 Å². The third-order valence-corrected chi connectivity index (χ3v) is 7.63. The smallest absolute Gasteiger partial charge is 0.289 e. The van der Waals surface area contributed by atoms with E-state index in [1.165, 1.54) is 5.56 Å². The number of halogens is 1. The average molecular weight is 529 g/mol. The lowest BCUT2D eigenvalue weighted by Crippen LogP contribution is -2.54. The summed E-state index contributed by atoms with van der Waals surface area (Å²) in [6.07, 6.45) is 6.70. The number of morpholine rings is 1. The van der Waals surface area contributed by atoms with Gasteiger partial charge in [0.2, 0.25) is 0 Å². The molecule has 3 aromatic carbocycles. The van der Waals surface area contributed by atoms with Crippen molar-refractivity contribution in [2.45, 2.75) is 57.7 Å². The van der Waals surface area contributed by atoms with E-state index in [1.54, 1.807) is 18.2 Å². The highest BCUT2D eigenvalue weighted by molar-refractivity contribution is 6.30. The van der Waals surface area contributed by atoms with Crippen molar-refractivity contribution in [3.63, 3.8) is 0 Å². The van der Waals surface area contributed by atoms with E-state index in [9.17, 15) is 9.59 Å². The summed E-state index contributed by atoms with van der Waals surface area (Å²) in [7, 11) is 0. The van der Waals surface area contributed by atoms with Crippen molar-refractivity contribution in [2.75, 3.05) is 6.54 Å². The van der Waals surface area contributed by atoms with Gasteiger partial charge in [0.05, 0.1) is 6.04 Å². The molecule has 0 spiro atoms. The highest BCUT2D eigenvalue weighted by atomic mass is 35.5. The number of carbonyl (C=O) groups is 2. The Labute approximate surface area is 229 Å². The molecule has 1 saturated heterocycles. The molecule has 2 atom stereocenters. The molecule has 1 N–H and O–H groups in total. The first-order chi connectivity index (χ1) is 18.5. The zero-order chi connectivity index (χ0) is 26.5. The number of amides is 2. The molecule has 0 aromatic heterocycles. The second-order valence-corrected chi connectivity index (χ2v) is 10.6. The van der Waals surface area contributed by atoms with Gasteiger partial charge in [-0.2, -0.15) is 0 Å². The Bertz CT molecular complexity index is 1300. The van der Waals surface area contributed by atoms with Crippen molar-refractivity contribution in [1.82, 2.24) is 10.2 Å². The van der Waals surface area contributed by atoms with Gasteiger partial charge in [0.1, 0.15) is 6.10 Å². The monoisotopic (exact) mass is 528 g/mol. The quantitative estimate of drug-likeness (QED) is 0.364. The van der Waals surface area contributed by atoms with Crippen molar-refractivity contribution in [2.24, 2.45) is 0 Å². The minimum absolute atomic E-state index is 0.0174. The first-order valence-corrected chi connectivity index (χ1v) is 13.7. The molecule has 2 unspecified atom stereocenters. The van der Waals surface area contributed by atoms with E-state index >= 15 is 0 Å². The van der Waals surface area contributed by atoms with Gasteiger partial charge in [-0.15, -0.1) is 0 Å². The van der Waals surface area contributed by atoms with Gasteiger partial charge < -0.3 is 15.0 Å². The number of benzene rings is 3. The van der Waals surface area contributed by atoms with Crippen LogP contribution in [0.5, 0.6) is 0 Å². The van der Waals surface area contributed by atoms with Gasteiger partial charge in [0.15, 0.2) is 5.76 Å². The molecule has 3 aromatic rings. The highest BCUT2D eigenvalue weighted by Gasteiger charge is 2.41. The lowest BCUT2D eigenvalue weighted by atomic mass is 9.89. The van der Waals surface area contributed by atoms with Gasteiger partial charge in [-0.3, -0.25) is 9.59 Å². The Hall–Kier alpha value is -3.57. The standard InChI is InChI=1S/C32H33ClN2O3/c1-22-6-8-25(9-7-22)21-35-28-4-2-3-5-29(28)38-30(32(35)37)20-24-10-14-26(15-11-24)31(36)34-19-18-23-12-16-27(33)17-13-23/h6-17,20,28-29H,2-5,18-19,21H2,1H3,(H,34,36)/b30-20+. The Morgan fingerprint density at radius 3 is 2.39 bits per heavy atom. The molecular weight excluding hydrogens is 496 g/mol. The number of nitrogens with one attached hydrogen (secondary N) is 1. The van der Waals surface area contributed by atoms with Gasteiger partial charge >= 0.3 is 0 Å². The molecule has 1 aliphatic heterocycles. The maximum atomic E-state index is 13.5. The Kier molecular flexibility index (Phi) is 8.14. The summed E-state index contributed by atoms with van der Waals surface area (Å²) in [6, 6.07) is 23.4. The van der Waals surface area contributed by atoms with Crippen LogP contribution >= 0.6 is 11.6 Å². The first kappa shape index (κ1) is 26.1. The lowest BCUT2D eigenvalue weighted by molar-refractivity contribution is -0.149. The van der Waals surface area contributed by atoms with Crippen LogP contribution in [0.15, 0.2) is 78.6 Å². The number of hydrogen-bond donors (Lipinski definition) is 1. The Morgan fingerprint density at radius 2 is 1.66 bits per heavy atom. The summed E-state index contributed by atoms with van der Waals surface area (Å²) < 4.78 is 6.26. The topological polar surface area (TPSA) is 58.6 Å². The van der Waals surface area contributed by atoms with Crippen LogP contribution in [0.2, 0.25) is 5.02 Å². The number of fused-ring (bicyclic) bond motifs is 1. The van der Waals surface area contributed by atoms with E-state index < -0.39 is 0 Å². The number of ether oxygens (including phenoxy) is 1. The van der Waals surface area contributed by atoms with E-state index in [4.69, 9.17) is 16.3 Å². The predicted molar refractivity (Wildman–Crippen MR) is 151 cm³/mol. The molecule has 0 bridgehead atoms. The molecule has 2 fully saturated rings. The van der Waals surface area contributed by atoms with Crippen molar-refractivity contribution >= 4 is 29.5 Å². The molecule has 2 aliphatic rings. The second-order valence-electron chi connectivity index (χ2n) is 10.2. The Morgan fingerprint density at radius 1 is 0.974 bits per heavy atom. The SMILES string of the molecule is Cc1ccc(CN2C(=O)/C(=C\c3ccc(C(=O)NCCc4ccc(Cl)cc4)cc3)OC3CCCCC32)cc1. The molecule has 2 amide bonds. The number of nitrogens with zero attached hydrogens (tertiary/aromatic N) is 1. The zero-order valence-corrected chi connectivity index (χ0v) is 22.4. The van der Waals surface area contributed by atoms with Crippen molar-refractivity contribution < 1.29 is 14.3 Å². The average Bonchev–Trinajstić information content (AvgIpc) is 2.93. The van der Waals surface area contributed by atoms with Gasteiger partial charge in [0, 0.05) is 23.7 Å². The minimum Gasteiger partial charge on any atom is -0.482 e. The fourth-order valence-electron chi connectivity index (χ4n) is 5.21. The van der Waals surface area contributed by atoms with E-state index in [2.05, 4.69) is 36.5 Å². The third-order valence-electron chi connectivity index (χ3n) is 7.37. The molecule has 1 saturated carbocycles. The van der Waals surface area contributed by atoms with E-state index in [0.29, 0.717) is 29.4 Å². The molecule has 1 heterocycles. The highest BCUT2D eigenvalue weighted by Crippen LogP contribution is 2.34. The molecule has 6 heteroatoms. The van der Waals surface area contributed by atoms with Gasteiger partial charge in [0.25, 0.3) is 11.8 Å². The van der Waals surface area contributed by atoms with E-state index in [-0.39, 0.29) is 24.0 Å². The number of rotatable bonds is 7. The first-order valence-electron chi connectivity index (χ1n) is 13.3. The number of hydrogen-bond acceptors (Lipinski definition) is 3. The van der Waals surface area contributed by atoms with Gasteiger partial charge in [-0.1, -0.05) is 72.1 Å². The van der Waals surface area contributed by atoms with E-state index in [1.807, 2.05) is 41.3 Å². The van der Waals surface area contributed by atoms with Crippen LogP contribution in [-0.4, -0.2) is 35.4 Å². The molecule has 1 aliphatic carbocycles. The molecule has 38 heavy (non-hydrogen) atoms. The molecule has 5 nitrogen and oxygen atoms in total. The van der Waals surface area contributed by atoms with Crippen LogP contribution in [0.4, 0.5) is 0 Å². The molecule has 5 rings (SSSR count). The van der Waals surface area contributed by atoms with Crippen LogP contribution in [0.1, 0.15) is 58.3 Å². The largest absolute Gasteiger partial charge is 0.482 e. The molecule has 0 radical (unpaired) electrons. The fourth-order valence-corrected chi connectivity index (χ4v) is 5.33. The lowest BCUT2D eigenvalue weighted by Gasteiger charge is -2.44. The Balaban J connectivity index is 1.25. The fraction of sp³-hybridized carbons (Fsp3) is 0.312. The van der Waals surface area contributed by atoms with Crippen molar-refractivity contribution in [3.05, 3.63) is 111 Å². The second kappa shape index (κ2) is 11.9. The molecule has 196 valence electrons. The maximum Gasteiger partial charge on any atom is 0.289 e. The summed E-state index contributed by atoms with van der Waals surface area (Å²) in [6.45, 7) is 3.18. The third kappa shape index (κ3) is 6.28. The normalized spacial score (nSPS) is 20.1. The number of carbonyl (C=O) groups excluding carboxylic acids is 2. The van der Waals surface area contributed by atoms with E-state index in [0.717, 1.165) is 48.8 Å². The summed E-state index contributed by atoms with van der Waals surface area (Å²) >= 11 is 5.93. The predicted octanol–water partition coefficient (Wildman–Crippen LogP) is 6.33.